The molecule has 1 amide bonds. The average Bonchev–Trinajstić information content (AvgIpc) is 2.36. The van der Waals surface area contributed by atoms with Gasteiger partial charge in [0.1, 0.15) is 0 Å². The number of halogens is 2. The van der Waals surface area contributed by atoms with Crippen LogP contribution in [0.3, 0.4) is 0 Å². The summed E-state index contributed by atoms with van der Waals surface area (Å²) in [6, 6.07) is 10.4. The Morgan fingerprint density at radius 1 is 1.24 bits per heavy atom. The number of nitrogens with one attached hydrogen (secondary N) is 1. The molecule has 0 saturated heterocycles. The van der Waals surface area contributed by atoms with E-state index in [0.29, 0.717) is 13.0 Å². The lowest BCUT2D eigenvalue weighted by Gasteiger charge is -2.22. The zero-order valence-electron chi connectivity index (χ0n) is 12.7. The first-order valence-corrected chi connectivity index (χ1v) is 6.80. The third-order valence-corrected chi connectivity index (χ3v) is 2.88. The van der Waals surface area contributed by atoms with Crippen LogP contribution in [0.5, 0.6) is 0 Å². The number of likely N-dealkylation sites (N-methyl/N-ethyl adjacent to an activating group) is 1. The summed E-state index contributed by atoms with van der Waals surface area (Å²) < 4.78 is 0. The van der Waals surface area contributed by atoms with Gasteiger partial charge in [-0.05, 0) is 39.0 Å². The number of amides is 1. The predicted octanol–water partition coefficient (Wildman–Crippen LogP) is 1.86. The van der Waals surface area contributed by atoms with Crippen LogP contribution >= 0.6 is 24.8 Å². The molecule has 4 nitrogen and oxygen atoms in total. The quantitative estimate of drug-likeness (QED) is 0.762. The monoisotopic (exact) mass is 335 g/mol. The summed E-state index contributed by atoms with van der Waals surface area (Å²) in [5.74, 6) is 0.0910. The van der Waals surface area contributed by atoms with E-state index in [1.807, 2.05) is 32.3 Å². The number of nitrogens with two attached hydrogens (primary N) is 1. The summed E-state index contributed by atoms with van der Waals surface area (Å²) in [4.78, 5) is 13.9. The zero-order valence-corrected chi connectivity index (χ0v) is 14.4. The molecule has 0 heterocycles. The molecule has 0 bridgehead atoms. The van der Waals surface area contributed by atoms with Crippen LogP contribution in [0.4, 0.5) is 0 Å². The Kier molecular flexibility index (Phi) is 13.8. The van der Waals surface area contributed by atoms with E-state index < -0.39 is 0 Å². The van der Waals surface area contributed by atoms with Gasteiger partial charge < -0.3 is 16.0 Å². The summed E-state index contributed by atoms with van der Waals surface area (Å²) in [5.41, 5.74) is 6.67. The zero-order chi connectivity index (χ0) is 14.1. The molecule has 0 aliphatic heterocycles. The second-order valence-electron chi connectivity index (χ2n) is 5.11. The first-order chi connectivity index (χ1) is 9.11. The fourth-order valence-corrected chi connectivity index (χ4v) is 2.06. The summed E-state index contributed by atoms with van der Waals surface area (Å²) in [6.07, 6.45) is 2.11. The summed E-state index contributed by atoms with van der Waals surface area (Å²) >= 11 is 0. The van der Waals surface area contributed by atoms with Crippen molar-refractivity contribution in [2.24, 2.45) is 5.73 Å². The molecule has 1 aromatic carbocycles. The molecular formula is C15H27Cl2N3O. The second kappa shape index (κ2) is 12.9. The highest BCUT2D eigenvalue weighted by atomic mass is 35.5. The normalized spacial score (nSPS) is 11.2. The summed E-state index contributed by atoms with van der Waals surface area (Å²) in [6.45, 7) is 1.40. The lowest BCUT2D eigenvalue weighted by atomic mass is 10.1. The van der Waals surface area contributed by atoms with Crippen LogP contribution in [-0.2, 0) is 11.2 Å². The highest BCUT2D eigenvalue weighted by Gasteiger charge is 2.13. The number of hydrogen-bond acceptors (Lipinski definition) is 3. The first-order valence-electron chi connectivity index (χ1n) is 6.80. The van der Waals surface area contributed by atoms with Crippen molar-refractivity contribution in [3.05, 3.63) is 35.9 Å². The van der Waals surface area contributed by atoms with Crippen molar-refractivity contribution in [3.63, 3.8) is 0 Å². The molecule has 3 N–H and O–H groups in total. The van der Waals surface area contributed by atoms with Crippen LogP contribution in [-0.4, -0.2) is 44.0 Å². The topological polar surface area (TPSA) is 58.4 Å². The molecule has 0 spiro atoms. The van der Waals surface area contributed by atoms with Gasteiger partial charge in [-0.15, -0.1) is 24.8 Å². The molecule has 21 heavy (non-hydrogen) atoms. The molecule has 1 aromatic rings. The maximum atomic E-state index is 11.8. The van der Waals surface area contributed by atoms with Crippen LogP contribution in [0.2, 0.25) is 0 Å². The molecule has 0 fully saturated rings. The van der Waals surface area contributed by atoms with Crippen LogP contribution in [0.15, 0.2) is 30.3 Å². The molecule has 0 radical (unpaired) electrons. The molecule has 0 saturated carbocycles. The Hall–Kier alpha value is -0.810. The van der Waals surface area contributed by atoms with Crippen molar-refractivity contribution in [1.82, 2.24) is 10.2 Å². The fourth-order valence-electron chi connectivity index (χ4n) is 2.06. The van der Waals surface area contributed by atoms with Crippen LogP contribution in [0, 0.1) is 0 Å². The number of carbonyl (C=O) groups excluding carboxylic acids is 1. The Balaban J connectivity index is 0. The van der Waals surface area contributed by atoms with Gasteiger partial charge in [-0.2, -0.15) is 0 Å². The van der Waals surface area contributed by atoms with Gasteiger partial charge in [0, 0.05) is 19.0 Å². The fraction of sp³-hybridized carbons (Fsp3) is 0.533. The van der Waals surface area contributed by atoms with E-state index in [1.165, 1.54) is 5.56 Å². The summed E-state index contributed by atoms with van der Waals surface area (Å²) in [7, 11) is 4.04. The molecular weight excluding hydrogens is 309 g/mol. The smallest absolute Gasteiger partial charge is 0.220 e. The van der Waals surface area contributed by atoms with Crippen molar-refractivity contribution >= 4 is 30.7 Å². The number of rotatable bonds is 8. The van der Waals surface area contributed by atoms with E-state index in [0.717, 1.165) is 19.4 Å². The van der Waals surface area contributed by atoms with Crippen LogP contribution < -0.4 is 11.1 Å². The van der Waals surface area contributed by atoms with E-state index in [4.69, 9.17) is 5.73 Å². The lowest BCUT2D eigenvalue weighted by molar-refractivity contribution is -0.121. The number of carbonyl (C=O) groups is 1. The van der Waals surface area contributed by atoms with Crippen molar-refractivity contribution in [2.45, 2.75) is 25.3 Å². The van der Waals surface area contributed by atoms with Gasteiger partial charge in [-0.3, -0.25) is 4.79 Å². The van der Waals surface area contributed by atoms with Gasteiger partial charge in [0.15, 0.2) is 0 Å². The van der Waals surface area contributed by atoms with Gasteiger partial charge in [0.2, 0.25) is 5.91 Å². The van der Waals surface area contributed by atoms with Gasteiger partial charge in [0.05, 0.1) is 0 Å². The minimum absolute atomic E-state index is 0. The predicted molar refractivity (Wildman–Crippen MR) is 93.4 cm³/mol. The molecule has 0 aliphatic rings. The van der Waals surface area contributed by atoms with E-state index >= 15 is 0 Å². The largest absolute Gasteiger partial charge is 0.352 e. The minimum Gasteiger partial charge on any atom is -0.352 e. The Bertz CT molecular complexity index is 374. The van der Waals surface area contributed by atoms with Gasteiger partial charge in [-0.1, -0.05) is 30.3 Å². The number of benzene rings is 1. The van der Waals surface area contributed by atoms with Crippen LogP contribution in [0.25, 0.3) is 0 Å². The average molecular weight is 336 g/mol. The van der Waals surface area contributed by atoms with E-state index in [2.05, 4.69) is 22.3 Å². The molecule has 6 heteroatoms. The minimum atomic E-state index is 0. The lowest BCUT2D eigenvalue weighted by Crippen LogP contribution is -2.43. The Labute approximate surface area is 140 Å². The standard InChI is InChI=1S/C15H25N3O.2ClH/c1-18(2)12-14(17-15(19)9-6-10-16)11-13-7-4-3-5-8-13;;/h3-5,7-8,14H,6,9-12,16H2,1-2H3,(H,17,19);2*1H. The van der Waals surface area contributed by atoms with E-state index in [9.17, 15) is 4.79 Å². The third kappa shape index (κ3) is 10.5. The van der Waals surface area contributed by atoms with Crippen LogP contribution in [0.1, 0.15) is 18.4 Å². The summed E-state index contributed by atoms with van der Waals surface area (Å²) in [5, 5.41) is 3.10. The van der Waals surface area contributed by atoms with Crippen molar-refractivity contribution < 1.29 is 4.79 Å². The third-order valence-electron chi connectivity index (χ3n) is 2.88. The van der Waals surface area contributed by atoms with Crippen molar-refractivity contribution in [2.75, 3.05) is 27.2 Å². The Morgan fingerprint density at radius 3 is 2.38 bits per heavy atom. The molecule has 0 aromatic heterocycles. The number of hydrogen-bond donors (Lipinski definition) is 2. The first kappa shape index (κ1) is 22.5. The van der Waals surface area contributed by atoms with Gasteiger partial charge in [-0.25, -0.2) is 0 Å². The maximum absolute atomic E-state index is 11.8. The number of nitrogens with zero attached hydrogens (tertiary/aromatic N) is 1. The van der Waals surface area contributed by atoms with Gasteiger partial charge >= 0.3 is 0 Å². The van der Waals surface area contributed by atoms with Gasteiger partial charge in [0.25, 0.3) is 0 Å². The Morgan fingerprint density at radius 2 is 1.86 bits per heavy atom. The molecule has 1 rings (SSSR count). The van der Waals surface area contributed by atoms with E-state index in [1.54, 1.807) is 0 Å². The molecule has 122 valence electrons. The SMILES string of the molecule is CN(C)CC(Cc1ccccc1)NC(=O)CCCN.Cl.Cl. The highest BCUT2D eigenvalue weighted by molar-refractivity contribution is 5.85. The molecule has 1 unspecified atom stereocenters. The molecule has 1 atom stereocenters. The second-order valence-corrected chi connectivity index (χ2v) is 5.11. The van der Waals surface area contributed by atoms with Crippen molar-refractivity contribution in [3.8, 4) is 0 Å². The van der Waals surface area contributed by atoms with Crippen molar-refractivity contribution in [1.29, 1.82) is 0 Å². The maximum Gasteiger partial charge on any atom is 0.220 e. The van der Waals surface area contributed by atoms with E-state index in [-0.39, 0.29) is 36.8 Å². The molecule has 0 aliphatic carbocycles. The highest BCUT2D eigenvalue weighted by Crippen LogP contribution is 2.04.